The van der Waals surface area contributed by atoms with Crippen LogP contribution >= 0.6 is 11.3 Å². The standard InChI is InChI=1S/C16H17N3S/c1-19(10-12-6-7-20-11-12)16-8-13(9-17)14-4-2-3-5-15(14)18-16/h2-8,11H,9-10,17H2,1H3. The molecule has 3 rings (SSSR count). The topological polar surface area (TPSA) is 42.1 Å². The molecule has 4 heteroatoms. The van der Waals surface area contributed by atoms with E-state index in [4.69, 9.17) is 10.7 Å². The number of hydrogen-bond acceptors (Lipinski definition) is 4. The van der Waals surface area contributed by atoms with Crippen molar-refractivity contribution in [3.8, 4) is 0 Å². The highest BCUT2D eigenvalue weighted by molar-refractivity contribution is 7.07. The Morgan fingerprint density at radius 3 is 2.85 bits per heavy atom. The fourth-order valence-corrected chi connectivity index (χ4v) is 2.99. The maximum atomic E-state index is 5.88. The Bertz CT molecular complexity index is 707. The first-order valence-corrected chi connectivity index (χ1v) is 7.53. The highest BCUT2D eigenvalue weighted by Crippen LogP contribution is 2.23. The fraction of sp³-hybridized carbons (Fsp3) is 0.188. The van der Waals surface area contributed by atoms with Crippen molar-refractivity contribution in [2.45, 2.75) is 13.1 Å². The van der Waals surface area contributed by atoms with E-state index >= 15 is 0 Å². The molecule has 0 fully saturated rings. The van der Waals surface area contributed by atoms with Crippen molar-refractivity contribution in [3.05, 3.63) is 58.3 Å². The minimum atomic E-state index is 0.530. The number of nitrogens with two attached hydrogens (primary N) is 1. The van der Waals surface area contributed by atoms with Gasteiger partial charge in [0.05, 0.1) is 5.52 Å². The number of nitrogens with zero attached hydrogens (tertiary/aromatic N) is 2. The summed E-state index contributed by atoms with van der Waals surface area (Å²) in [4.78, 5) is 6.90. The van der Waals surface area contributed by atoms with Gasteiger partial charge in [-0.25, -0.2) is 4.98 Å². The number of benzene rings is 1. The van der Waals surface area contributed by atoms with Gasteiger partial charge in [-0.1, -0.05) is 18.2 Å². The number of thiophene rings is 1. The molecule has 20 heavy (non-hydrogen) atoms. The molecular formula is C16H17N3S. The lowest BCUT2D eigenvalue weighted by Crippen LogP contribution is -2.18. The van der Waals surface area contributed by atoms with Crippen molar-refractivity contribution in [2.75, 3.05) is 11.9 Å². The van der Waals surface area contributed by atoms with Crippen molar-refractivity contribution in [2.24, 2.45) is 5.73 Å². The molecule has 3 nitrogen and oxygen atoms in total. The van der Waals surface area contributed by atoms with Crippen LogP contribution < -0.4 is 10.6 Å². The van der Waals surface area contributed by atoms with Gasteiger partial charge in [-0.05, 0) is 40.1 Å². The summed E-state index contributed by atoms with van der Waals surface area (Å²) in [5.74, 6) is 0.968. The van der Waals surface area contributed by atoms with E-state index in [1.54, 1.807) is 11.3 Å². The van der Waals surface area contributed by atoms with Gasteiger partial charge in [0.25, 0.3) is 0 Å². The zero-order valence-electron chi connectivity index (χ0n) is 11.4. The van der Waals surface area contributed by atoms with Gasteiger partial charge in [-0.15, -0.1) is 0 Å². The van der Waals surface area contributed by atoms with Crippen LogP contribution in [0.4, 0.5) is 5.82 Å². The van der Waals surface area contributed by atoms with Gasteiger partial charge in [0, 0.05) is 25.5 Å². The summed E-state index contributed by atoms with van der Waals surface area (Å²) in [6, 6.07) is 12.4. The van der Waals surface area contributed by atoms with Crippen LogP contribution in [0, 0.1) is 0 Å². The molecule has 2 aromatic heterocycles. The third kappa shape index (κ3) is 2.53. The van der Waals surface area contributed by atoms with Crippen LogP contribution in [0.2, 0.25) is 0 Å². The van der Waals surface area contributed by atoms with Crippen LogP contribution in [0.15, 0.2) is 47.2 Å². The second-order valence-corrected chi connectivity index (χ2v) is 5.63. The minimum Gasteiger partial charge on any atom is -0.355 e. The van der Waals surface area contributed by atoms with Crippen molar-refractivity contribution >= 4 is 28.1 Å². The summed E-state index contributed by atoms with van der Waals surface area (Å²) in [7, 11) is 2.06. The Kier molecular flexibility index (Phi) is 3.67. The van der Waals surface area contributed by atoms with Crippen molar-refractivity contribution in [1.82, 2.24) is 4.98 Å². The summed E-state index contributed by atoms with van der Waals surface area (Å²) in [6.07, 6.45) is 0. The molecule has 0 bridgehead atoms. The number of pyridine rings is 1. The van der Waals surface area contributed by atoms with Gasteiger partial charge >= 0.3 is 0 Å². The van der Waals surface area contributed by atoms with Crippen LogP contribution in [0.5, 0.6) is 0 Å². The van der Waals surface area contributed by atoms with Crippen LogP contribution in [0.25, 0.3) is 10.9 Å². The van der Waals surface area contributed by atoms with E-state index < -0.39 is 0 Å². The molecule has 0 atom stereocenters. The molecule has 2 N–H and O–H groups in total. The molecule has 0 aliphatic heterocycles. The number of para-hydroxylation sites is 1. The Balaban J connectivity index is 1.98. The largest absolute Gasteiger partial charge is 0.355 e. The molecule has 0 unspecified atom stereocenters. The highest BCUT2D eigenvalue weighted by atomic mass is 32.1. The first kappa shape index (κ1) is 13.1. The lowest BCUT2D eigenvalue weighted by Gasteiger charge is -2.19. The van der Waals surface area contributed by atoms with Gasteiger partial charge in [0.1, 0.15) is 5.82 Å². The Labute approximate surface area is 122 Å². The number of anilines is 1. The Morgan fingerprint density at radius 2 is 2.10 bits per heavy atom. The smallest absolute Gasteiger partial charge is 0.129 e. The summed E-state index contributed by atoms with van der Waals surface area (Å²) < 4.78 is 0. The first-order chi connectivity index (χ1) is 9.78. The maximum Gasteiger partial charge on any atom is 0.129 e. The number of aromatic nitrogens is 1. The third-order valence-corrected chi connectivity index (χ3v) is 4.13. The lowest BCUT2D eigenvalue weighted by molar-refractivity contribution is 0.902. The molecule has 102 valence electrons. The Morgan fingerprint density at radius 1 is 1.25 bits per heavy atom. The van der Waals surface area contributed by atoms with E-state index in [2.05, 4.69) is 40.9 Å². The maximum absolute atomic E-state index is 5.88. The summed E-state index contributed by atoms with van der Waals surface area (Å²) >= 11 is 1.72. The first-order valence-electron chi connectivity index (χ1n) is 6.59. The number of fused-ring (bicyclic) bond motifs is 1. The molecule has 0 spiro atoms. The molecule has 2 heterocycles. The number of rotatable bonds is 4. The van der Waals surface area contributed by atoms with Gasteiger partial charge in [0.2, 0.25) is 0 Å². The second-order valence-electron chi connectivity index (χ2n) is 4.85. The van der Waals surface area contributed by atoms with Crippen LogP contribution in [0.1, 0.15) is 11.1 Å². The summed E-state index contributed by atoms with van der Waals surface area (Å²) in [5.41, 5.74) is 9.33. The second kappa shape index (κ2) is 5.61. The predicted octanol–water partition coefficient (Wildman–Crippen LogP) is 3.39. The van der Waals surface area contributed by atoms with E-state index in [0.717, 1.165) is 28.8 Å². The van der Waals surface area contributed by atoms with Gasteiger partial charge in [-0.3, -0.25) is 0 Å². The van der Waals surface area contributed by atoms with E-state index in [0.29, 0.717) is 6.54 Å². The van der Waals surface area contributed by atoms with Crippen molar-refractivity contribution < 1.29 is 0 Å². The minimum absolute atomic E-state index is 0.530. The predicted molar refractivity (Wildman–Crippen MR) is 86.1 cm³/mol. The van der Waals surface area contributed by atoms with Crippen molar-refractivity contribution in [3.63, 3.8) is 0 Å². The van der Waals surface area contributed by atoms with E-state index in [9.17, 15) is 0 Å². The van der Waals surface area contributed by atoms with Crippen LogP contribution in [-0.2, 0) is 13.1 Å². The van der Waals surface area contributed by atoms with Gasteiger partial charge in [-0.2, -0.15) is 11.3 Å². The summed E-state index contributed by atoms with van der Waals surface area (Å²) in [6.45, 7) is 1.39. The normalized spacial score (nSPS) is 10.9. The molecule has 1 aromatic carbocycles. The van der Waals surface area contributed by atoms with E-state index in [1.165, 1.54) is 5.56 Å². The van der Waals surface area contributed by atoms with E-state index in [-0.39, 0.29) is 0 Å². The molecule has 0 saturated carbocycles. The van der Waals surface area contributed by atoms with Gasteiger partial charge < -0.3 is 10.6 Å². The van der Waals surface area contributed by atoms with Crippen LogP contribution in [-0.4, -0.2) is 12.0 Å². The lowest BCUT2D eigenvalue weighted by atomic mass is 10.1. The molecule has 0 aliphatic rings. The molecule has 0 saturated heterocycles. The summed E-state index contributed by atoms with van der Waals surface area (Å²) in [5, 5.41) is 5.41. The zero-order chi connectivity index (χ0) is 13.9. The monoisotopic (exact) mass is 283 g/mol. The fourth-order valence-electron chi connectivity index (χ4n) is 2.33. The molecular weight excluding hydrogens is 266 g/mol. The van der Waals surface area contributed by atoms with Crippen LogP contribution in [0.3, 0.4) is 0 Å². The Hall–Kier alpha value is -1.91. The average Bonchev–Trinajstić information content (AvgIpc) is 2.99. The molecule has 0 radical (unpaired) electrons. The van der Waals surface area contributed by atoms with Crippen molar-refractivity contribution in [1.29, 1.82) is 0 Å². The average molecular weight is 283 g/mol. The molecule has 3 aromatic rings. The SMILES string of the molecule is CN(Cc1ccsc1)c1cc(CN)c2ccccc2n1. The highest BCUT2D eigenvalue weighted by Gasteiger charge is 2.08. The van der Waals surface area contributed by atoms with Gasteiger partial charge in [0.15, 0.2) is 0 Å². The zero-order valence-corrected chi connectivity index (χ0v) is 12.2. The quantitative estimate of drug-likeness (QED) is 0.798. The molecule has 0 amide bonds. The van der Waals surface area contributed by atoms with E-state index in [1.807, 2.05) is 18.2 Å². The number of hydrogen-bond donors (Lipinski definition) is 1. The molecule has 0 aliphatic carbocycles. The third-order valence-electron chi connectivity index (χ3n) is 3.40.